The predicted octanol–water partition coefficient (Wildman–Crippen LogP) is 5.61. The summed E-state index contributed by atoms with van der Waals surface area (Å²) in [5.41, 5.74) is 5.34. The first-order valence-electron chi connectivity index (χ1n) is 7.26. The average molecular weight is 367 g/mol. The number of hydrogen-bond acceptors (Lipinski definition) is 1. The molecule has 2 aromatic rings. The molecule has 0 bridgehead atoms. The monoisotopic (exact) mass is 365 g/mol. The third-order valence-electron chi connectivity index (χ3n) is 3.85. The van der Waals surface area contributed by atoms with E-state index in [-0.39, 0.29) is 6.04 Å². The van der Waals surface area contributed by atoms with Crippen LogP contribution in [-0.2, 0) is 6.42 Å². The fraction of sp³-hybridized carbons (Fsp3) is 0.333. The summed E-state index contributed by atoms with van der Waals surface area (Å²) in [6.07, 6.45) is 0.976. The summed E-state index contributed by atoms with van der Waals surface area (Å²) in [6.45, 7) is 7.43. The van der Waals surface area contributed by atoms with E-state index in [2.05, 4.69) is 66.3 Å². The second-order valence-corrected chi connectivity index (χ2v) is 6.62. The highest BCUT2D eigenvalue weighted by molar-refractivity contribution is 9.10. The molecule has 2 aromatic carbocycles. The van der Waals surface area contributed by atoms with Gasteiger partial charge < -0.3 is 5.32 Å². The van der Waals surface area contributed by atoms with Crippen molar-refractivity contribution in [2.24, 2.45) is 0 Å². The molecule has 1 N–H and O–H groups in total. The van der Waals surface area contributed by atoms with Gasteiger partial charge in [-0.2, -0.15) is 0 Å². The van der Waals surface area contributed by atoms with Crippen LogP contribution in [0, 0.1) is 13.8 Å². The van der Waals surface area contributed by atoms with Crippen molar-refractivity contribution in [3.8, 4) is 0 Å². The van der Waals surface area contributed by atoms with E-state index in [1.165, 1.54) is 22.3 Å². The molecule has 1 unspecified atom stereocenters. The lowest BCUT2D eigenvalue weighted by molar-refractivity contribution is 0.547. The standard InChI is InChI=1S/C18H21BrClN/c1-4-21-18(14-8-9-16(19)17(20)10-14)11-15-12(2)6-5-7-13(15)3/h5-10,18,21H,4,11H2,1-3H3. The fourth-order valence-electron chi connectivity index (χ4n) is 2.66. The summed E-state index contributed by atoms with van der Waals surface area (Å²) in [5, 5.41) is 4.34. The van der Waals surface area contributed by atoms with Gasteiger partial charge in [0.25, 0.3) is 0 Å². The third-order valence-corrected chi connectivity index (χ3v) is 5.08. The Hall–Kier alpha value is -0.830. The highest BCUT2D eigenvalue weighted by atomic mass is 79.9. The first-order valence-corrected chi connectivity index (χ1v) is 8.43. The van der Waals surface area contributed by atoms with E-state index in [0.717, 1.165) is 22.5 Å². The molecule has 112 valence electrons. The van der Waals surface area contributed by atoms with Gasteiger partial charge in [-0.15, -0.1) is 0 Å². The predicted molar refractivity (Wildman–Crippen MR) is 95.2 cm³/mol. The van der Waals surface area contributed by atoms with Crippen molar-refractivity contribution >= 4 is 27.5 Å². The second kappa shape index (κ2) is 7.44. The molecular formula is C18H21BrClN. The van der Waals surface area contributed by atoms with Crippen molar-refractivity contribution in [1.82, 2.24) is 5.32 Å². The van der Waals surface area contributed by atoms with E-state index in [0.29, 0.717) is 0 Å². The van der Waals surface area contributed by atoms with Crippen LogP contribution in [0.3, 0.4) is 0 Å². The summed E-state index contributed by atoms with van der Waals surface area (Å²) in [7, 11) is 0. The van der Waals surface area contributed by atoms with Gasteiger partial charge in [-0.1, -0.05) is 42.8 Å². The van der Waals surface area contributed by atoms with E-state index < -0.39 is 0 Å². The molecule has 0 spiro atoms. The Balaban J connectivity index is 2.33. The second-order valence-electron chi connectivity index (χ2n) is 5.36. The van der Waals surface area contributed by atoms with Crippen molar-refractivity contribution in [3.05, 3.63) is 68.1 Å². The van der Waals surface area contributed by atoms with Crippen molar-refractivity contribution < 1.29 is 0 Å². The van der Waals surface area contributed by atoms with E-state index in [1.54, 1.807) is 0 Å². The molecule has 0 saturated carbocycles. The highest BCUT2D eigenvalue weighted by Crippen LogP contribution is 2.28. The maximum Gasteiger partial charge on any atom is 0.0551 e. The molecule has 0 amide bonds. The molecule has 0 aliphatic rings. The fourth-order valence-corrected chi connectivity index (χ4v) is 3.09. The Bertz CT molecular complexity index is 604. The van der Waals surface area contributed by atoms with Crippen molar-refractivity contribution in [2.75, 3.05) is 6.54 Å². The van der Waals surface area contributed by atoms with Crippen molar-refractivity contribution in [2.45, 2.75) is 33.2 Å². The Labute approximate surface area is 140 Å². The number of hydrogen-bond donors (Lipinski definition) is 1. The molecule has 0 heterocycles. The molecule has 0 radical (unpaired) electrons. The lowest BCUT2D eigenvalue weighted by Gasteiger charge is -2.21. The van der Waals surface area contributed by atoms with Gasteiger partial charge in [0.05, 0.1) is 5.02 Å². The number of halogens is 2. The van der Waals surface area contributed by atoms with Gasteiger partial charge in [0.1, 0.15) is 0 Å². The first kappa shape index (κ1) is 16.5. The smallest absolute Gasteiger partial charge is 0.0551 e. The SMILES string of the molecule is CCNC(Cc1c(C)cccc1C)c1ccc(Br)c(Cl)c1. The Morgan fingerprint density at radius 3 is 2.38 bits per heavy atom. The van der Waals surface area contributed by atoms with Gasteiger partial charge in [-0.25, -0.2) is 0 Å². The van der Waals surface area contributed by atoms with Crippen LogP contribution in [0.4, 0.5) is 0 Å². The van der Waals surface area contributed by atoms with Gasteiger partial charge in [0.15, 0.2) is 0 Å². The molecular weight excluding hydrogens is 346 g/mol. The number of aryl methyl sites for hydroxylation is 2. The van der Waals surface area contributed by atoms with Crippen LogP contribution >= 0.6 is 27.5 Å². The zero-order valence-electron chi connectivity index (χ0n) is 12.7. The van der Waals surface area contributed by atoms with Crippen LogP contribution in [0.15, 0.2) is 40.9 Å². The zero-order valence-corrected chi connectivity index (χ0v) is 15.1. The molecule has 0 aromatic heterocycles. The molecule has 3 heteroatoms. The molecule has 0 aliphatic heterocycles. The maximum absolute atomic E-state index is 6.25. The summed E-state index contributed by atoms with van der Waals surface area (Å²) < 4.78 is 0.940. The molecule has 0 fully saturated rings. The van der Waals surface area contributed by atoms with Crippen molar-refractivity contribution in [1.29, 1.82) is 0 Å². The van der Waals surface area contributed by atoms with Crippen LogP contribution in [0.2, 0.25) is 5.02 Å². The van der Waals surface area contributed by atoms with Crippen LogP contribution in [-0.4, -0.2) is 6.54 Å². The highest BCUT2D eigenvalue weighted by Gasteiger charge is 2.15. The van der Waals surface area contributed by atoms with Gasteiger partial charge in [-0.05, 0) is 77.1 Å². The number of benzene rings is 2. The minimum atomic E-state index is 0.278. The summed E-state index contributed by atoms with van der Waals surface area (Å²) in [6, 6.07) is 13.0. The van der Waals surface area contributed by atoms with E-state index >= 15 is 0 Å². The Morgan fingerprint density at radius 1 is 1.14 bits per heavy atom. The van der Waals surface area contributed by atoms with Crippen LogP contribution in [0.5, 0.6) is 0 Å². The quantitative estimate of drug-likeness (QED) is 0.725. The maximum atomic E-state index is 6.25. The van der Waals surface area contributed by atoms with Gasteiger partial charge in [-0.3, -0.25) is 0 Å². The van der Waals surface area contributed by atoms with E-state index in [1.807, 2.05) is 12.1 Å². The number of likely N-dealkylation sites (N-methyl/N-ethyl adjacent to an activating group) is 1. The summed E-state index contributed by atoms with van der Waals surface area (Å²) >= 11 is 9.70. The summed E-state index contributed by atoms with van der Waals surface area (Å²) in [4.78, 5) is 0. The molecule has 0 aliphatic carbocycles. The van der Waals surface area contributed by atoms with Crippen molar-refractivity contribution in [3.63, 3.8) is 0 Å². The minimum Gasteiger partial charge on any atom is -0.310 e. The van der Waals surface area contributed by atoms with Gasteiger partial charge in [0.2, 0.25) is 0 Å². The van der Waals surface area contributed by atoms with Crippen LogP contribution in [0.25, 0.3) is 0 Å². The largest absolute Gasteiger partial charge is 0.310 e. The molecule has 2 rings (SSSR count). The zero-order chi connectivity index (χ0) is 15.4. The number of nitrogens with one attached hydrogen (secondary N) is 1. The average Bonchev–Trinajstić information content (AvgIpc) is 2.45. The van der Waals surface area contributed by atoms with Crippen LogP contribution < -0.4 is 5.32 Å². The topological polar surface area (TPSA) is 12.0 Å². The first-order chi connectivity index (χ1) is 10.0. The Kier molecular flexibility index (Phi) is 5.86. The third kappa shape index (κ3) is 4.09. The molecule has 1 nitrogen and oxygen atoms in total. The minimum absolute atomic E-state index is 0.278. The number of rotatable bonds is 5. The normalized spacial score (nSPS) is 12.4. The summed E-state index contributed by atoms with van der Waals surface area (Å²) in [5.74, 6) is 0. The Morgan fingerprint density at radius 2 is 1.81 bits per heavy atom. The van der Waals surface area contributed by atoms with Gasteiger partial charge >= 0.3 is 0 Å². The van der Waals surface area contributed by atoms with E-state index in [9.17, 15) is 0 Å². The van der Waals surface area contributed by atoms with E-state index in [4.69, 9.17) is 11.6 Å². The lowest BCUT2D eigenvalue weighted by atomic mass is 9.93. The molecule has 21 heavy (non-hydrogen) atoms. The molecule has 1 atom stereocenters. The molecule has 0 saturated heterocycles. The van der Waals surface area contributed by atoms with Crippen LogP contribution in [0.1, 0.15) is 35.2 Å². The van der Waals surface area contributed by atoms with Gasteiger partial charge in [0, 0.05) is 10.5 Å². The lowest BCUT2D eigenvalue weighted by Crippen LogP contribution is -2.23.